The van der Waals surface area contributed by atoms with Gasteiger partial charge in [0.15, 0.2) is 0 Å². The standard InChI is InChI=1S/C22H22ClFN4O3/c1-3-25-20(29)12-28(22(31)27-19-9-8-14(24)10-18(19)23)13(2)17-11-26-21(30)16-7-5-4-6-15(16)17/h4-11,13H,3,12H2,1-2H3,(H,25,29)(H,26,30)(H,27,31)/t13-/m1/s1. The molecule has 1 heterocycles. The van der Waals surface area contributed by atoms with E-state index in [0.29, 0.717) is 22.9 Å². The third-order valence-electron chi connectivity index (χ3n) is 4.88. The van der Waals surface area contributed by atoms with E-state index in [-0.39, 0.29) is 28.7 Å². The first-order valence-corrected chi connectivity index (χ1v) is 10.1. The average molecular weight is 445 g/mol. The number of benzene rings is 2. The largest absolute Gasteiger partial charge is 0.355 e. The lowest BCUT2D eigenvalue weighted by Crippen LogP contribution is -2.44. The number of aromatic nitrogens is 1. The van der Waals surface area contributed by atoms with Crippen LogP contribution in [0.25, 0.3) is 10.8 Å². The van der Waals surface area contributed by atoms with Crippen LogP contribution in [-0.4, -0.2) is 34.9 Å². The van der Waals surface area contributed by atoms with Gasteiger partial charge >= 0.3 is 6.03 Å². The third-order valence-corrected chi connectivity index (χ3v) is 5.19. The number of urea groups is 1. The van der Waals surface area contributed by atoms with E-state index in [1.54, 1.807) is 38.1 Å². The zero-order valence-corrected chi connectivity index (χ0v) is 17.8. The molecule has 3 rings (SSSR count). The van der Waals surface area contributed by atoms with Crippen LogP contribution in [0, 0.1) is 5.82 Å². The van der Waals surface area contributed by atoms with Crippen LogP contribution in [0.4, 0.5) is 14.9 Å². The third kappa shape index (κ3) is 5.03. The minimum absolute atomic E-state index is 0.0356. The van der Waals surface area contributed by atoms with Crippen molar-refractivity contribution in [1.29, 1.82) is 0 Å². The summed E-state index contributed by atoms with van der Waals surface area (Å²) in [5.41, 5.74) is 0.636. The summed E-state index contributed by atoms with van der Waals surface area (Å²) in [6.07, 6.45) is 1.54. The average Bonchev–Trinajstić information content (AvgIpc) is 2.74. The second kappa shape index (κ2) is 9.61. The van der Waals surface area contributed by atoms with Gasteiger partial charge < -0.3 is 20.5 Å². The molecular formula is C22H22ClFN4O3. The molecule has 1 atom stereocenters. The highest BCUT2D eigenvalue weighted by Crippen LogP contribution is 2.28. The highest BCUT2D eigenvalue weighted by molar-refractivity contribution is 6.33. The summed E-state index contributed by atoms with van der Waals surface area (Å²) in [6.45, 7) is 3.71. The van der Waals surface area contributed by atoms with Crippen molar-refractivity contribution in [2.45, 2.75) is 19.9 Å². The maximum absolute atomic E-state index is 13.3. The molecule has 0 unspecified atom stereocenters. The normalized spacial score (nSPS) is 11.7. The number of carbonyl (C=O) groups is 2. The van der Waals surface area contributed by atoms with Gasteiger partial charge in [-0.05, 0) is 49.1 Å². The predicted molar refractivity (Wildman–Crippen MR) is 119 cm³/mol. The first-order valence-electron chi connectivity index (χ1n) is 9.71. The molecule has 0 saturated heterocycles. The van der Waals surface area contributed by atoms with Crippen molar-refractivity contribution in [1.82, 2.24) is 15.2 Å². The Morgan fingerprint density at radius 3 is 2.58 bits per heavy atom. The number of carbonyl (C=O) groups excluding carboxylic acids is 2. The maximum atomic E-state index is 13.3. The van der Waals surface area contributed by atoms with Crippen LogP contribution in [0.5, 0.6) is 0 Å². The zero-order chi connectivity index (χ0) is 22.5. The van der Waals surface area contributed by atoms with E-state index in [9.17, 15) is 18.8 Å². The van der Waals surface area contributed by atoms with Crippen LogP contribution >= 0.6 is 11.6 Å². The number of nitrogens with zero attached hydrogens (tertiary/aromatic N) is 1. The number of hydrogen-bond acceptors (Lipinski definition) is 3. The number of fused-ring (bicyclic) bond motifs is 1. The minimum Gasteiger partial charge on any atom is -0.355 e. The fourth-order valence-corrected chi connectivity index (χ4v) is 3.53. The number of nitrogens with one attached hydrogen (secondary N) is 3. The van der Waals surface area contributed by atoms with Crippen molar-refractivity contribution < 1.29 is 14.0 Å². The Balaban J connectivity index is 1.98. The second-order valence-corrected chi connectivity index (χ2v) is 7.34. The summed E-state index contributed by atoms with van der Waals surface area (Å²) in [5, 5.41) is 6.49. The van der Waals surface area contributed by atoms with Crippen molar-refractivity contribution in [2.24, 2.45) is 0 Å². The predicted octanol–water partition coefficient (Wildman–Crippen LogP) is 4.05. The Labute approximate surface area is 183 Å². The summed E-state index contributed by atoms with van der Waals surface area (Å²) < 4.78 is 13.3. The second-order valence-electron chi connectivity index (χ2n) is 6.93. The monoisotopic (exact) mass is 444 g/mol. The molecular weight excluding hydrogens is 423 g/mol. The van der Waals surface area contributed by atoms with Crippen LogP contribution in [0.2, 0.25) is 5.02 Å². The van der Waals surface area contributed by atoms with Crippen molar-refractivity contribution in [2.75, 3.05) is 18.4 Å². The molecule has 9 heteroatoms. The number of aromatic amines is 1. The van der Waals surface area contributed by atoms with Gasteiger partial charge in [0.05, 0.1) is 16.8 Å². The lowest BCUT2D eigenvalue weighted by Gasteiger charge is -2.30. The summed E-state index contributed by atoms with van der Waals surface area (Å²) >= 11 is 6.03. The molecule has 0 radical (unpaired) electrons. The fraction of sp³-hybridized carbons (Fsp3) is 0.227. The molecule has 2 aromatic carbocycles. The molecule has 1 aromatic heterocycles. The molecule has 0 saturated carbocycles. The van der Waals surface area contributed by atoms with E-state index in [2.05, 4.69) is 15.6 Å². The number of H-pyrrole nitrogens is 1. The number of hydrogen-bond donors (Lipinski definition) is 3. The van der Waals surface area contributed by atoms with Crippen molar-refractivity contribution in [3.8, 4) is 0 Å². The fourth-order valence-electron chi connectivity index (χ4n) is 3.32. The summed E-state index contributed by atoms with van der Waals surface area (Å²) in [7, 11) is 0. The van der Waals surface area contributed by atoms with E-state index in [4.69, 9.17) is 11.6 Å². The number of likely N-dealkylation sites (N-methyl/N-ethyl adjacent to an activating group) is 1. The van der Waals surface area contributed by atoms with Gasteiger partial charge in [0.2, 0.25) is 5.91 Å². The molecule has 3 aromatic rings. The van der Waals surface area contributed by atoms with Gasteiger partial charge in [-0.2, -0.15) is 0 Å². The summed E-state index contributed by atoms with van der Waals surface area (Å²) in [5.74, 6) is -0.876. The highest BCUT2D eigenvalue weighted by atomic mass is 35.5. The van der Waals surface area contributed by atoms with E-state index < -0.39 is 17.9 Å². The zero-order valence-electron chi connectivity index (χ0n) is 17.0. The van der Waals surface area contributed by atoms with Crippen molar-refractivity contribution >= 4 is 40.0 Å². The molecule has 0 aliphatic rings. The Morgan fingerprint density at radius 1 is 1.19 bits per heavy atom. The molecule has 0 aliphatic carbocycles. The quantitative estimate of drug-likeness (QED) is 0.535. The summed E-state index contributed by atoms with van der Waals surface area (Å²) in [6, 6.07) is 9.46. The van der Waals surface area contributed by atoms with E-state index in [0.717, 1.165) is 6.07 Å². The maximum Gasteiger partial charge on any atom is 0.322 e. The van der Waals surface area contributed by atoms with E-state index in [1.807, 2.05) is 0 Å². The van der Waals surface area contributed by atoms with Crippen molar-refractivity contribution in [3.05, 3.63) is 75.4 Å². The molecule has 0 fully saturated rings. The summed E-state index contributed by atoms with van der Waals surface area (Å²) in [4.78, 5) is 41.6. The first-order chi connectivity index (χ1) is 14.8. The Morgan fingerprint density at radius 2 is 1.90 bits per heavy atom. The molecule has 0 spiro atoms. The molecule has 3 amide bonds. The molecule has 0 bridgehead atoms. The lowest BCUT2D eigenvalue weighted by molar-refractivity contribution is -0.121. The smallest absolute Gasteiger partial charge is 0.322 e. The first kappa shape index (κ1) is 22.3. The number of pyridine rings is 1. The Kier molecular flexibility index (Phi) is 6.91. The van der Waals surface area contributed by atoms with Crippen LogP contribution in [0.1, 0.15) is 25.5 Å². The highest BCUT2D eigenvalue weighted by Gasteiger charge is 2.26. The Bertz CT molecular complexity index is 1180. The number of halogens is 2. The van der Waals surface area contributed by atoms with Gasteiger partial charge in [-0.1, -0.05) is 29.8 Å². The van der Waals surface area contributed by atoms with Gasteiger partial charge in [-0.3, -0.25) is 9.59 Å². The van der Waals surface area contributed by atoms with Crippen LogP contribution in [0.3, 0.4) is 0 Å². The van der Waals surface area contributed by atoms with Gasteiger partial charge in [0.25, 0.3) is 5.56 Å². The van der Waals surface area contributed by atoms with Crippen LogP contribution in [-0.2, 0) is 4.79 Å². The van der Waals surface area contributed by atoms with Crippen molar-refractivity contribution in [3.63, 3.8) is 0 Å². The van der Waals surface area contributed by atoms with Gasteiger partial charge in [0, 0.05) is 18.1 Å². The van der Waals surface area contributed by atoms with Gasteiger partial charge in [0.1, 0.15) is 12.4 Å². The minimum atomic E-state index is -0.595. The molecule has 31 heavy (non-hydrogen) atoms. The molecule has 3 N–H and O–H groups in total. The topological polar surface area (TPSA) is 94.3 Å². The number of amides is 3. The molecule has 162 valence electrons. The molecule has 0 aliphatic heterocycles. The van der Waals surface area contributed by atoms with Crippen LogP contribution in [0.15, 0.2) is 53.5 Å². The van der Waals surface area contributed by atoms with Gasteiger partial charge in [-0.25, -0.2) is 9.18 Å². The van der Waals surface area contributed by atoms with Gasteiger partial charge in [-0.15, -0.1) is 0 Å². The van der Waals surface area contributed by atoms with E-state index >= 15 is 0 Å². The lowest BCUT2D eigenvalue weighted by atomic mass is 10.0. The SMILES string of the molecule is CCNC(=O)CN(C(=O)Nc1ccc(F)cc1Cl)[C@H](C)c1c[nH]c(=O)c2ccccc12. The van der Waals surface area contributed by atoms with Crippen LogP contribution < -0.4 is 16.2 Å². The Hall–Kier alpha value is -3.39. The van der Waals surface area contributed by atoms with E-state index in [1.165, 1.54) is 23.2 Å². The molecule has 7 nitrogen and oxygen atoms in total. The number of rotatable bonds is 6. The number of anilines is 1.